The van der Waals surface area contributed by atoms with Crippen LogP contribution in [0.1, 0.15) is 46.5 Å². The highest BCUT2D eigenvalue weighted by molar-refractivity contribution is 7.89. The molecule has 1 N–H and O–H groups in total. The van der Waals surface area contributed by atoms with Crippen LogP contribution in [0.15, 0.2) is 0 Å². The third-order valence-electron chi connectivity index (χ3n) is 4.34. The second kappa shape index (κ2) is 9.08. The number of rotatable bonds is 9. The lowest BCUT2D eigenvalue weighted by Crippen LogP contribution is -2.46. The monoisotopic (exact) mass is 319 g/mol. The molecule has 0 radical (unpaired) electrons. The predicted molar refractivity (Wildman–Crippen MR) is 89.1 cm³/mol. The normalized spacial score (nSPS) is 18.8. The highest BCUT2D eigenvalue weighted by Gasteiger charge is 2.28. The van der Waals surface area contributed by atoms with Crippen molar-refractivity contribution in [3.8, 4) is 0 Å². The molecule has 0 aromatic heterocycles. The van der Waals surface area contributed by atoms with Crippen molar-refractivity contribution in [1.29, 1.82) is 0 Å². The van der Waals surface area contributed by atoms with Crippen LogP contribution in [0.25, 0.3) is 0 Å². The van der Waals surface area contributed by atoms with E-state index in [1.54, 1.807) is 11.4 Å². The number of likely N-dealkylation sites (tertiary alicyclic amines) is 1. The molecule has 0 saturated carbocycles. The van der Waals surface area contributed by atoms with Crippen LogP contribution in [-0.2, 0) is 10.0 Å². The third kappa shape index (κ3) is 6.63. The fourth-order valence-electron chi connectivity index (χ4n) is 2.77. The van der Waals surface area contributed by atoms with Crippen LogP contribution in [0.3, 0.4) is 0 Å². The summed E-state index contributed by atoms with van der Waals surface area (Å²) >= 11 is 0. The molecule has 0 amide bonds. The molecular weight excluding hydrogens is 286 g/mol. The summed E-state index contributed by atoms with van der Waals surface area (Å²) in [7, 11) is -1.34. The number of hydrogen-bond acceptors (Lipinski definition) is 4. The first kappa shape index (κ1) is 18.9. The van der Waals surface area contributed by atoms with Crippen molar-refractivity contribution >= 4 is 10.0 Å². The van der Waals surface area contributed by atoms with Gasteiger partial charge in [-0.2, -0.15) is 0 Å². The van der Waals surface area contributed by atoms with E-state index in [-0.39, 0.29) is 11.8 Å². The minimum Gasteiger partial charge on any atom is -0.315 e. The quantitative estimate of drug-likeness (QED) is 0.655. The molecule has 1 aliphatic rings. The Kier molecular flexibility index (Phi) is 8.16. The van der Waals surface area contributed by atoms with Gasteiger partial charge in [0.25, 0.3) is 0 Å². The number of piperidine rings is 1. The molecule has 1 saturated heterocycles. The van der Waals surface area contributed by atoms with Crippen molar-refractivity contribution in [2.75, 3.05) is 39.0 Å². The fraction of sp³-hybridized carbons (Fsp3) is 1.00. The van der Waals surface area contributed by atoms with E-state index in [0.717, 1.165) is 51.9 Å². The molecule has 21 heavy (non-hydrogen) atoms. The molecule has 5 nitrogen and oxygen atoms in total. The number of unbranched alkanes of at least 4 members (excludes halogenated alkanes) is 1. The van der Waals surface area contributed by atoms with Crippen LogP contribution >= 0.6 is 0 Å². The van der Waals surface area contributed by atoms with Gasteiger partial charge in [-0.3, -0.25) is 0 Å². The summed E-state index contributed by atoms with van der Waals surface area (Å²) in [5.74, 6) is 0.275. The van der Waals surface area contributed by atoms with E-state index in [9.17, 15) is 8.42 Å². The molecule has 6 heteroatoms. The Balaban J connectivity index is 2.32. The Hall–Kier alpha value is -0.170. The van der Waals surface area contributed by atoms with Gasteiger partial charge >= 0.3 is 0 Å². The lowest BCUT2D eigenvalue weighted by atomic mass is 10.1. The van der Waals surface area contributed by atoms with Crippen LogP contribution < -0.4 is 5.32 Å². The van der Waals surface area contributed by atoms with Crippen molar-refractivity contribution in [2.45, 2.75) is 58.5 Å². The molecule has 1 rings (SSSR count). The van der Waals surface area contributed by atoms with E-state index in [1.807, 2.05) is 0 Å². The first-order valence-electron chi connectivity index (χ1n) is 8.28. The average molecular weight is 320 g/mol. The number of nitrogens with one attached hydrogen (secondary N) is 1. The highest BCUT2D eigenvalue weighted by Crippen LogP contribution is 2.18. The van der Waals surface area contributed by atoms with Gasteiger partial charge in [0.1, 0.15) is 0 Å². The second-order valence-electron chi connectivity index (χ2n) is 6.31. The van der Waals surface area contributed by atoms with Crippen LogP contribution in [0.4, 0.5) is 0 Å². The lowest BCUT2D eigenvalue weighted by molar-refractivity contribution is 0.176. The summed E-state index contributed by atoms with van der Waals surface area (Å²) in [6.45, 7) is 10.4. The standard InChI is InChI=1S/C15H33N3O2S/c1-5-18-11-8-15(9-12-18)17(4)21(19,20)13-7-6-10-16-14(2)3/h14-16H,5-13H2,1-4H3. The van der Waals surface area contributed by atoms with Crippen molar-refractivity contribution in [2.24, 2.45) is 0 Å². The lowest BCUT2D eigenvalue weighted by Gasteiger charge is -2.35. The SMILES string of the molecule is CCN1CCC(N(C)S(=O)(=O)CCCCNC(C)C)CC1. The molecule has 0 aromatic carbocycles. The molecule has 0 bridgehead atoms. The van der Waals surface area contributed by atoms with E-state index in [2.05, 4.69) is 31.0 Å². The van der Waals surface area contributed by atoms with E-state index < -0.39 is 10.0 Å². The molecule has 1 aliphatic heterocycles. The predicted octanol–water partition coefficient (Wildman–Crippen LogP) is 1.51. The summed E-state index contributed by atoms with van der Waals surface area (Å²) in [5.41, 5.74) is 0. The highest BCUT2D eigenvalue weighted by atomic mass is 32.2. The van der Waals surface area contributed by atoms with E-state index in [4.69, 9.17) is 0 Å². The average Bonchev–Trinajstić information content (AvgIpc) is 2.45. The maximum absolute atomic E-state index is 12.4. The van der Waals surface area contributed by atoms with Gasteiger partial charge in [0.15, 0.2) is 0 Å². The van der Waals surface area contributed by atoms with Gasteiger partial charge in [-0.1, -0.05) is 20.8 Å². The van der Waals surface area contributed by atoms with Gasteiger partial charge in [-0.15, -0.1) is 0 Å². The van der Waals surface area contributed by atoms with Crippen molar-refractivity contribution in [1.82, 2.24) is 14.5 Å². The van der Waals surface area contributed by atoms with Crippen LogP contribution in [0, 0.1) is 0 Å². The van der Waals surface area contributed by atoms with Gasteiger partial charge in [-0.05, 0) is 51.9 Å². The minimum atomic E-state index is -3.10. The third-order valence-corrected chi connectivity index (χ3v) is 6.32. The molecule has 0 unspecified atom stereocenters. The smallest absolute Gasteiger partial charge is 0.214 e. The maximum Gasteiger partial charge on any atom is 0.214 e. The van der Waals surface area contributed by atoms with Gasteiger partial charge in [0.05, 0.1) is 5.75 Å². The van der Waals surface area contributed by atoms with Gasteiger partial charge in [-0.25, -0.2) is 12.7 Å². The van der Waals surface area contributed by atoms with Gasteiger partial charge in [0.2, 0.25) is 10.0 Å². The van der Waals surface area contributed by atoms with E-state index in [0.29, 0.717) is 6.04 Å². The van der Waals surface area contributed by atoms with Crippen LogP contribution in [0.2, 0.25) is 0 Å². The van der Waals surface area contributed by atoms with Gasteiger partial charge < -0.3 is 10.2 Å². The van der Waals surface area contributed by atoms with E-state index in [1.165, 1.54) is 0 Å². The second-order valence-corrected chi connectivity index (χ2v) is 8.46. The summed E-state index contributed by atoms with van der Waals surface area (Å²) in [5, 5.41) is 3.32. The topological polar surface area (TPSA) is 52.7 Å². The molecule has 0 aliphatic carbocycles. The molecule has 0 spiro atoms. The Morgan fingerprint density at radius 2 is 1.86 bits per heavy atom. The largest absolute Gasteiger partial charge is 0.315 e. The van der Waals surface area contributed by atoms with Gasteiger partial charge in [0, 0.05) is 19.1 Å². The zero-order valence-corrected chi connectivity index (χ0v) is 15.0. The molecular formula is C15H33N3O2S. The van der Waals surface area contributed by atoms with Crippen LogP contribution in [-0.4, -0.2) is 68.7 Å². The zero-order valence-electron chi connectivity index (χ0n) is 14.1. The first-order valence-corrected chi connectivity index (χ1v) is 9.89. The van der Waals surface area contributed by atoms with Crippen LogP contribution in [0.5, 0.6) is 0 Å². The van der Waals surface area contributed by atoms with Crippen molar-refractivity contribution in [3.05, 3.63) is 0 Å². The molecule has 0 atom stereocenters. The Morgan fingerprint density at radius 1 is 1.24 bits per heavy atom. The number of sulfonamides is 1. The minimum absolute atomic E-state index is 0.187. The molecule has 0 aromatic rings. The summed E-state index contributed by atoms with van der Waals surface area (Å²) in [6, 6.07) is 0.652. The first-order chi connectivity index (χ1) is 9.86. The summed E-state index contributed by atoms with van der Waals surface area (Å²) in [6.07, 6.45) is 3.57. The summed E-state index contributed by atoms with van der Waals surface area (Å²) in [4.78, 5) is 2.38. The Labute approximate surface area is 131 Å². The fourth-order valence-corrected chi connectivity index (χ4v) is 4.29. The Bertz CT molecular complexity index is 376. The Morgan fingerprint density at radius 3 is 2.38 bits per heavy atom. The van der Waals surface area contributed by atoms with E-state index >= 15 is 0 Å². The number of hydrogen-bond donors (Lipinski definition) is 1. The molecule has 126 valence electrons. The number of nitrogens with zero attached hydrogens (tertiary/aromatic N) is 2. The molecule has 1 fully saturated rings. The molecule has 1 heterocycles. The summed E-state index contributed by atoms with van der Waals surface area (Å²) < 4.78 is 26.4. The van der Waals surface area contributed by atoms with Crippen molar-refractivity contribution < 1.29 is 8.42 Å². The zero-order chi connectivity index (χ0) is 15.9. The maximum atomic E-state index is 12.4. The van der Waals surface area contributed by atoms with Crippen molar-refractivity contribution in [3.63, 3.8) is 0 Å².